The normalized spacial score (nSPS) is 11.0. The molecule has 1 aromatic heterocycles. The second kappa shape index (κ2) is 10.1. The molecule has 0 fully saturated rings. The van der Waals surface area contributed by atoms with Crippen LogP contribution < -0.4 is 16.0 Å². The lowest BCUT2D eigenvalue weighted by Crippen LogP contribution is -2.34. The number of carbonyl (C=O) groups is 2. The van der Waals surface area contributed by atoms with Gasteiger partial charge in [-0.05, 0) is 69.9 Å². The van der Waals surface area contributed by atoms with Gasteiger partial charge in [-0.3, -0.25) is 9.48 Å². The number of anilines is 2. The van der Waals surface area contributed by atoms with Crippen molar-refractivity contribution in [2.45, 2.75) is 67.0 Å². The number of amides is 3. The summed E-state index contributed by atoms with van der Waals surface area (Å²) < 4.78 is 2.04. The summed E-state index contributed by atoms with van der Waals surface area (Å²) in [6.07, 6.45) is 1.06. The number of aromatic nitrogens is 2. The molecule has 0 bridgehead atoms. The summed E-state index contributed by atoms with van der Waals surface area (Å²) in [4.78, 5) is 24.1. The van der Waals surface area contributed by atoms with Crippen molar-refractivity contribution < 1.29 is 9.59 Å². The summed E-state index contributed by atoms with van der Waals surface area (Å²) in [5.74, 6) is 0.483. The van der Waals surface area contributed by atoms with Gasteiger partial charge in [0.25, 0.3) is 0 Å². The molecular weight excluding hydrogens is 366 g/mol. The second-order valence-electron chi connectivity index (χ2n) is 8.10. The Labute approximate surface area is 173 Å². The van der Waals surface area contributed by atoms with Gasteiger partial charge in [-0.1, -0.05) is 13.8 Å². The first-order valence-corrected chi connectivity index (χ1v) is 10.2. The van der Waals surface area contributed by atoms with Crippen LogP contribution in [0.25, 0.3) is 0 Å². The average Bonchev–Trinajstić information content (AvgIpc) is 2.87. The van der Waals surface area contributed by atoms with E-state index in [-0.39, 0.29) is 18.0 Å². The summed E-state index contributed by atoms with van der Waals surface area (Å²) in [6.45, 7) is 13.1. The van der Waals surface area contributed by atoms with Crippen molar-refractivity contribution in [3.63, 3.8) is 0 Å². The first kappa shape index (κ1) is 22.5. The molecule has 2 aromatic rings. The van der Waals surface area contributed by atoms with E-state index in [1.807, 2.05) is 25.5 Å². The molecule has 0 unspecified atom stereocenters. The number of benzene rings is 1. The maximum absolute atomic E-state index is 12.4. The topological polar surface area (TPSA) is 88.1 Å². The van der Waals surface area contributed by atoms with E-state index in [9.17, 15) is 9.59 Å². The van der Waals surface area contributed by atoms with Gasteiger partial charge in [0, 0.05) is 36.1 Å². The van der Waals surface area contributed by atoms with Gasteiger partial charge in [-0.15, -0.1) is 0 Å². The highest BCUT2D eigenvalue weighted by Crippen LogP contribution is 2.18. The highest BCUT2D eigenvalue weighted by atomic mass is 16.2. The van der Waals surface area contributed by atoms with E-state index < -0.39 is 0 Å². The van der Waals surface area contributed by atoms with Crippen molar-refractivity contribution in [2.75, 3.05) is 10.6 Å². The third-order valence-corrected chi connectivity index (χ3v) is 4.52. The molecule has 7 nitrogen and oxygen atoms in total. The first-order valence-electron chi connectivity index (χ1n) is 10.2. The lowest BCUT2D eigenvalue weighted by atomic mass is 10.1. The molecule has 2 rings (SSSR count). The summed E-state index contributed by atoms with van der Waals surface area (Å²) in [7, 11) is 0. The Morgan fingerprint density at radius 2 is 1.59 bits per heavy atom. The molecule has 0 aliphatic rings. The molecule has 1 aromatic carbocycles. The molecule has 1 heterocycles. The largest absolute Gasteiger partial charge is 0.336 e. The molecule has 0 atom stereocenters. The van der Waals surface area contributed by atoms with Gasteiger partial charge < -0.3 is 16.0 Å². The molecule has 0 spiro atoms. The minimum Gasteiger partial charge on any atom is -0.336 e. The third-order valence-electron chi connectivity index (χ3n) is 4.52. The number of hydrogen-bond donors (Lipinski definition) is 3. The maximum atomic E-state index is 12.4. The Hall–Kier alpha value is -2.83. The van der Waals surface area contributed by atoms with E-state index in [2.05, 4.69) is 41.8 Å². The van der Waals surface area contributed by atoms with Gasteiger partial charge in [0.05, 0.1) is 5.69 Å². The van der Waals surface area contributed by atoms with Crippen molar-refractivity contribution in [3.05, 3.63) is 41.2 Å². The molecule has 29 heavy (non-hydrogen) atoms. The van der Waals surface area contributed by atoms with Gasteiger partial charge in [0.1, 0.15) is 0 Å². The Morgan fingerprint density at radius 3 is 2.14 bits per heavy atom. The van der Waals surface area contributed by atoms with Crippen LogP contribution in [-0.2, 0) is 17.8 Å². The maximum Gasteiger partial charge on any atom is 0.319 e. The van der Waals surface area contributed by atoms with E-state index in [0.717, 1.165) is 23.5 Å². The number of aryl methyl sites for hydroxylation is 1. The lowest BCUT2D eigenvalue weighted by Gasteiger charge is -2.11. The zero-order valence-corrected chi connectivity index (χ0v) is 18.3. The van der Waals surface area contributed by atoms with E-state index in [4.69, 9.17) is 0 Å². The molecular formula is C22H33N5O2. The number of hydrogen-bond acceptors (Lipinski definition) is 3. The van der Waals surface area contributed by atoms with Crippen LogP contribution in [0.5, 0.6) is 0 Å². The minimum atomic E-state index is -0.250. The SMILES string of the molecule is Cc1nn(CC(C)C)c(C)c1CCC(=O)Nc1ccc(NC(=O)NC(C)C)cc1. The van der Waals surface area contributed by atoms with Crippen LogP contribution in [0, 0.1) is 19.8 Å². The molecule has 7 heteroatoms. The minimum absolute atomic E-state index is 0.0429. The standard InChI is InChI=1S/C22H33N5O2/c1-14(2)13-27-17(6)20(16(5)26-27)11-12-21(28)24-18-7-9-19(10-8-18)25-22(29)23-15(3)4/h7-10,14-15H,11-13H2,1-6H3,(H,24,28)(H2,23,25,29). The summed E-state index contributed by atoms with van der Waals surface area (Å²) >= 11 is 0. The van der Waals surface area contributed by atoms with Crippen LogP contribution in [0.3, 0.4) is 0 Å². The monoisotopic (exact) mass is 399 g/mol. The van der Waals surface area contributed by atoms with Crippen molar-refractivity contribution in [1.29, 1.82) is 0 Å². The predicted molar refractivity (Wildman–Crippen MR) is 117 cm³/mol. The van der Waals surface area contributed by atoms with Gasteiger partial charge in [-0.2, -0.15) is 5.10 Å². The van der Waals surface area contributed by atoms with E-state index in [1.54, 1.807) is 24.3 Å². The van der Waals surface area contributed by atoms with Crippen molar-refractivity contribution >= 4 is 23.3 Å². The second-order valence-corrected chi connectivity index (χ2v) is 8.10. The van der Waals surface area contributed by atoms with Crippen molar-refractivity contribution in [3.8, 4) is 0 Å². The van der Waals surface area contributed by atoms with E-state index >= 15 is 0 Å². The molecule has 0 radical (unpaired) electrons. The smallest absolute Gasteiger partial charge is 0.319 e. The fourth-order valence-corrected chi connectivity index (χ4v) is 3.15. The zero-order valence-electron chi connectivity index (χ0n) is 18.3. The number of nitrogens with one attached hydrogen (secondary N) is 3. The highest BCUT2D eigenvalue weighted by molar-refractivity contribution is 5.92. The lowest BCUT2D eigenvalue weighted by molar-refractivity contribution is -0.116. The summed E-state index contributed by atoms with van der Waals surface area (Å²) in [5, 5.41) is 13.0. The van der Waals surface area contributed by atoms with Gasteiger partial charge in [0.15, 0.2) is 0 Å². The highest BCUT2D eigenvalue weighted by Gasteiger charge is 2.14. The summed E-state index contributed by atoms with van der Waals surface area (Å²) in [5.41, 5.74) is 4.65. The third kappa shape index (κ3) is 6.93. The molecule has 158 valence electrons. The number of carbonyl (C=O) groups excluding carboxylic acids is 2. The fourth-order valence-electron chi connectivity index (χ4n) is 3.15. The van der Waals surface area contributed by atoms with Crippen LogP contribution >= 0.6 is 0 Å². The van der Waals surface area contributed by atoms with Crippen LogP contribution in [0.2, 0.25) is 0 Å². The zero-order chi connectivity index (χ0) is 21.6. The Bertz CT molecular complexity index is 838. The van der Waals surface area contributed by atoms with Crippen LogP contribution in [-0.4, -0.2) is 27.8 Å². The average molecular weight is 400 g/mol. The van der Waals surface area contributed by atoms with Gasteiger partial charge in [0.2, 0.25) is 5.91 Å². The van der Waals surface area contributed by atoms with Crippen molar-refractivity contribution in [2.24, 2.45) is 5.92 Å². The molecule has 0 aliphatic carbocycles. The first-order chi connectivity index (χ1) is 13.7. The Morgan fingerprint density at radius 1 is 1.00 bits per heavy atom. The quantitative estimate of drug-likeness (QED) is 0.620. The van der Waals surface area contributed by atoms with E-state index in [1.165, 1.54) is 0 Å². The Kier molecular flexibility index (Phi) is 7.82. The Balaban J connectivity index is 1.88. The molecule has 0 saturated carbocycles. The van der Waals surface area contributed by atoms with E-state index in [0.29, 0.717) is 30.1 Å². The predicted octanol–water partition coefficient (Wildman–Crippen LogP) is 4.26. The molecule has 0 aliphatic heterocycles. The van der Waals surface area contributed by atoms with Crippen LogP contribution in [0.15, 0.2) is 24.3 Å². The van der Waals surface area contributed by atoms with Gasteiger partial charge >= 0.3 is 6.03 Å². The van der Waals surface area contributed by atoms with Gasteiger partial charge in [-0.25, -0.2) is 4.79 Å². The molecule has 0 saturated heterocycles. The molecule has 3 N–H and O–H groups in total. The molecule has 3 amide bonds. The van der Waals surface area contributed by atoms with Crippen LogP contribution in [0.4, 0.5) is 16.2 Å². The summed E-state index contributed by atoms with van der Waals surface area (Å²) in [6, 6.07) is 6.90. The fraction of sp³-hybridized carbons (Fsp3) is 0.500. The van der Waals surface area contributed by atoms with Crippen molar-refractivity contribution in [1.82, 2.24) is 15.1 Å². The number of rotatable bonds is 8. The number of urea groups is 1. The van der Waals surface area contributed by atoms with Crippen LogP contribution in [0.1, 0.15) is 51.1 Å². The number of nitrogens with zero attached hydrogens (tertiary/aromatic N) is 2.